The number of nitrogens with one attached hydrogen (secondary N) is 2. The maximum Gasteiger partial charge on any atom is 0.321 e. The van der Waals surface area contributed by atoms with E-state index in [-0.39, 0.29) is 6.42 Å². The first-order chi connectivity index (χ1) is 10.1. The maximum absolute atomic E-state index is 13.0. The highest BCUT2D eigenvalue weighted by atomic mass is 19.1. The highest BCUT2D eigenvalue weighted by Gasteiger charge is 2.29. The highest BCUT2D eigenvalue weighted by Crippen LogP contribution is 2.12. The lowest BCUT2D eigenvalue weighted by molar-refractivity contribution is -0.145. The van der Waals surface area contributed by atoms with Crippen molar-refractivity contribution in [1.29, 1.82) is 0 Å². The number of benzene rings is 1. The van der Waals surface area contributed by atoms with Gasteiger partial charge in [0.1, 0.15) is 11.9 Å². The van der Waals surface area contributed by atoms with Gasteiger partial charge in [-0.3, -0.25) is 14.5 Å². The van der Waals surface area contributed by atoms with Crippen molar-refractivity contribution < 1.29 is 19.1 Å². The maximum atomic E-state index is 13.0. The molecule has 0 aromatic heterocycles. The molecule has 2 rings (SSSR count). The van der Waals surface area contributed by atoms with Gasteiger partial charge in [-0.15, -0.1) is 0 Å². The molecule has 1 amide bonds. The summed E-state index contributed by atoms with van der Waals surface area (Å²) in [5, 5.41) is 14.9. The van der Waals surface area contributed by atoms with E-state index in [1.54, 1.807) is 11.0 Å². The number of carboxylic acids is 1. The van der Waals surface area contributed by atoms with Crippen LogP contribution in [0, 0.1) is 5.82 Å². The number of hydrogen-bond donors (Lipinski definition) is 3. The van der Waals surface area contributed by atoms with Crippen LogP contribution in [0.2, 0.25) is 0 Å². The fraction of sp³-hybridized carbons (Fsp3) is 0.429. The van der Waals surface area contributed by atoms with Crippen LogP contribution in [-0.2, 0) is 9.59 Å². The molecule has 0 radical (unpaired) electrons. The lowest BCUT2D eigenvalue weighted by atomic mass is 10.1. The Morgan fingerprint density at radius 2 is 2.10 bits per heavy atom. The van der Waals surface area contributed by atoms with Crippen LogP contribution < -0.4 is 10.6 Å². The van der Waals surface area contributed by atoms with Crippen molar-refractivity contribution in [3.63, 3.8) is 0 Å². The van der Waals surface area contributed by atoms with Crippen LogP contribution in [-0.4, -0.2) is 54.1 Å². The van der Waals surface area contributed by atoms with Gasteiger partial charge >= 0.3 is 5.97 Å². The van der Waals surface area contributed by atoms with Crippen LogP contribution in [0.15, 0.2) is 24.3 Å². The predicted octanol–water partition coefficient (Wildman–Crippen LogP) is 0.513. The van der Waals surface area contributed by atoms with E-state index in [1.807, 2.05) is 0 Å². The molecule has 1 saturated heterocycles. The number of rotatable bonds is 5. The third kappa shape index (κ3) is 4.51. The summed E-state index contributed by atoms with van der Waals surface area (Å²) in [6.45, 7) is 2.58. The average molecular weight is 295 g/mol. The zero-order valence-electron chi connectivity index (χ0n) is 11.5. The van der Waals surface area contributed by atoms with Crippen molar-refractivity contribution in [2.24, 2.45) is 0 Å². The van der Waals surface area contributed by atoms with Gasteiger partial charge < -0.3 is 15.7 Å². The second kappa shape index (κ2) is 7.14. The van der Waals surface area contributed by atoms with Gasteiger partial charge in [0.15, 0.2) is 0 Å². The molecule has 1 aromatic carbocycles. The van der Waals surface area contributed by atoms with E-state index in [0.717, 1.165) is 0 Å². The van der Waals surface area contributed by atoms with Crippen LogP contribution in [0.25, 0.3) is 0 Å². The SMILES string of the molecule is O=C(C[C@@H](C(=O)O)N1CCNCC1)Nc1cccc(F)c1. The molecule has 1 heterocycles. The minimum absolute atomic E-state index is 0.161. The van der Waals surface area contributed by atoms with Gasteiger partial charge in [-0.2, -0.15) is 0 Å². The average Bonchev–Trinajstić information content (AvgIpc) is 2.45. The molecule has 114 valence electrons. The summed E-state index contributed by atoms with van der Waals surface area (Å²) in [6, 6.07) is 4.65. The Labute approximate surface area is 121 Å². The van der Waals surface area contributed by atoms with Crippen molar-refractivity contribution in [2.75, 3.05) is 31.5 Å². The van der Waals surface area contributed by atoms with Gasteiger partial charge in [0, 0.05) is 31.9 Å². The summed E-state index contributed by atoms with van der Waals surface area (Å²) < 4.78 is 13.0. The molecule has 0 aliphatic carbocycles. The number of carboxylic acid groups (broad SMARTS) is 1. The Morgan fingerprint density at radius 3 is 2.71 bits per heavy atom. The number of carbonyl (C=O) groups excluding carboxylic acids is 1. The molecule has 1 aliphatic rings. The fourth-order valence-corrected chi connectivity index (χ4v) is 2.32. The summed E-state index contributed by atoms with van der Waals surface area (Å²) in [5.74, 6) is -1.91. The Balaban J connectivity index is 1.96. The fourth-order valence-electron chi connectivity index (χ4n) is 2.32. The van der Waals surface area contributed by atoms with Crippen molar-refractivity contribution in [3.05, 3.63) is 30.1 Å². The second-order valence-corrected chi connectivity index (χ2v) is 4.90. The third-order valence-corrected chi connectivity index (χ3v) is 3.36. The molecule has 0 spiro atoms. The number of halogens is 1. The Hall–Kier alpha value is -1.99. The third-order valence-electron chi connectivity index (χ3n) is 3.36. The molecular formula is C14H18FN3O3. The summed E-state index contributed by atoms with van der Waals surface area (Å²) >= 11 is 0. The van der Waals surface area contributed by atoms with Crippen LogP contribution in [0.4, 0.5) is 10.1 Å². The summed E-state index contributed by atoms with van der Waals surface area (Å²) in [5.41, 5.74) is 0.324. The Bertz CT molecular complexity index is 518. The predicted molar refractivity (Wildman–Crippen MR) is 75.5 cm³/mol. The van der Waals surface area contributed by atoms with Crippen molar-refractivity contribution in [1.82, 2.24) is 10.2 Å². The monoisotopic (exact) mass is 295 g/mol. The van der Waals surface area contributed by atoms with Gasteiger partial charge in [0.25, 0.3) is 0 Å². The summed E-state index contributed by atoms with van der Waals surface area (Å²) in [6.07, 6.45) is -0.161. The number of anilines is 1. The van der Waals surface area contributed by atoms with Gasteiger partial charge in [0.2, 0.25) is 5.91 Å². The minimum Gasteiger partial charge on any atom is -0.480 e. The summed E-state index contributed by atoms with van der Waals surface area (Å²) in [4.78, 5) is 25.0. The number of nitrogens with zero attached hydrogens (tertiary/aromatic N) is 1. The van der Waals surface area contributed by atoms with Crippen LogP contribution in [0.3, 0.4) is 0 Å². The van der Waals surface area contributed by atoms with Gasteiger partial charge in [0.05, 0.1) is 6.42 Å². The molecule has 0 bridgehead atoms. The first kappa shape index (κ1) is 15.4. The van der Waals surface area contributed by atoms with Crippen LogP contribution in [0.5, 0.6) is 0 Å². The minimum atomic E-state index is -1.02. The van der Waals surface area contributed by atoms with E-state index in [1.165, 1.54) is 18.2 Å². The molecule has 1 atom stereocenters. The molecule has 1 fully saturated rings. The van der Waals surface area contributed by atoms with Crippen molar-refractivity contribution in [2.45, 2.75) is 12.5 Å². The van der Waals surface area contributed by atoms with Crippen molar-refractivity contribution >= 4 is 17.6 Å². The quantitative estimate of drug-likeness (QED) is 0.737. The first-order valence-electron chi connectivity index (χ1n) is 6.79. The molecule has 6 nitrogen and oxygen atoms in total. The molecule has 1 aromatic rings. The normalized spacial score (nSPS) is 17.2. The zero-order valence-corrected chi connectivity index (χ0v) is 11.5. The zero-order chi connectivity index (χ0) is 15.2. The number of aliphatic carboxylic acids is 1. The molecule has 7 heteroatoms. The topological polar surface area (TPSA) is 81.7 Å². The van der Waals surface area contributed by atoms with Gasteiger partial charge in [-0.05, 0) is 18.2 Å². The van der Waals surface area contributed by atoms with Gasteiger partial charge in [-0.1, -0.05) is 6.07 Å². The van der Waals surface area contributed by atoms with Crippen molar-refractivity contribution in [3.8, 4) is 0 Å². The molecular weight excluding hydrogens is 277 g/mol. The Morgan fingerprint density at radius 1 is 1.38 bits per heavy atom. The summed E-state index contributed by atoms with van der Waals surface area (Å²) in [7, 11) is 0. The number of amides is 1. The molecule has 3 N–H and O–H groups in total. The smallest absolute Gasteiger partial charge is 0.321 e. The molecule has 0 saturated carbocycles. The lowest BCUT2D eigenvalue weighted by Crippen LogP contribution is -2.52. The van der Waals surface area contributed by atoms with E-state index < -0.39 is 23.7 Å². The van der Waals surface area contributed by atoms with E-state index in [2.05, 4.69) is 10.6 Å². The standard InChI is InChI=1S/C14H18FN3O3/c15-10-2-1-3-11(8-10)17-13(19)9-12(14(20)21)18-6-4-16-5-7-18/h1-3,8,12,16H,4-7,9H2,(H,17,19)(H,20,21)/t12-/m0/s1. The van der Waals surface area contributed by atoms with Crippen LogP contribution in [0.1, 0.15) is 6.42 Å². The molecule has 21 heavy (non-hydrogen) atoms. The number of carbonyl (C=O) groups is 2. The van der Waals surface area contributed by atoms with E-state index in [9.17, 15) is 19.1 Å². The first-order valence-corrected chi connectivity index (χ1v) is 6.79. The van der Waals surface area contributed by atoms with E-state index >= 15 is 0 Å². The largest absolute Gasteiger partial charge is 0.480 e. The number of piperazine rings is 1. The number of hydrogen-bond acceptors (Lipinski definition) is 4. The van der Waals surface area contributed by atoms with E-state index in [0.29, 0.717) is 31.9 Å². The van der Waals surface area contributed by atoms with E-state index in [4.69, 9.17) is 0 Å². The second-order valence-electron chi connectivity index (χ2n) is 4.90. The molecule has 1 aliphatic heterocycles. The van der Waals surface area contributed by atoms with Crippen LogP contribution >= 0.6 is 0 Å². The lowest BCUT2D eigenvalue weighted by Gasteiger charge is -2.32. The Kier molecular flexibility index (Phi) is 5.24. The highest BCUT2D eigenvalue weighted by molar-refractivity contribution is 5.94. The molecule has 0 unspecified atom stereocenters. The van der Waals surface area contributed by atoms with Gasteiger partial charge in [-0.25, -0.2) is 4.39 Å².